The van der Waals surface area contributed by atoms with Gasteiger partial charge in [0.15, 0.2) is 0 Å². The van der Waals surface area contributed by atoms with Crippen LogP contribution in [0.3, 0.4) is 0 Å². The molecule has 0 aromatic carbocycles. The van der Waals surface area contributed by atoms with Crippen molar-refractivity contribution in [2.45, 2.75) is 18.9 Å². The molecule has 2 aromatic rings. The molecule has 1 fully saturated rings. The molecule has 5 nitrogen and oxygen atoms in total. The van der Waals surface area contributed by atoms with Crippen LogP contribution in [-0.4, -0.2) is 33.6 Å². The maximum absolute atomic E-state index is 11.2. The van der Waals surface area contributed by atoms with Gasteiger partial charge in [-0.25, -0.2) is 4.79 Å². The molecule has 0 radical (unpaired) electrons. The van der Waals surface area contributed by atoms with E-state index in [1.54, 1.807) is 18.6 Å². The number of anilines is 1. The van der Waals surface area contributed by atoms with Crippen molar-refractivity contribution >= 4 is 22.6 Å². The highest BCUT2D eigenvalue weighted by Crippen LogP contribution is 2.30. The van der Waals surface area contributed by atoms with Gasteiger partial charge in [-0.15, -0.1) is 0 Å². The summed E-state index contributed by atoms with van der Waals surface area (Å²) in [5.41, 5.74) is 1.76. The molecule has 1 unspecified atom stereocenters. The van der Waals surface area contributed by atoms with Crippen molar-refractivity contribution < 1.29 is 9.90 Å². The molecule has 1 aliphatic rings. The van der Waals surface area contributed by atoms with Crippen LogP contribution in [0.25, 0.3) is 10.9 Å². The highest BCUT2D eigenvalue weighted by Gasteiger charge is 2.31. The summed E-state index contributed by atoms with van der Waals surface area (Å²) in [6, 6.07) is 3.27. The lowest BCUT2D eigenvalue weighted by Gasteiger charge is -2.24. The first-order valence-electron chi connectivity index (χ1n) is 5.95. The van der Waals surface area contributed by atoms with Crippen LogP contribution in [0.1, 0.15) is 12.8 Å². The molecule has 2 aromatic heterocycles. The fourth-order valence-corrected chi connectivity index (χ4v) is 2.54. The van der Waals surface area contributed by atoms with Gasteiger partial charge in [0, 0.05) is 36.2 Å². The summed E-state index contributed by atoms with van der Waals surface area (Å²) in [4.78, 5) is 21.6. The fraction of sp³-hybridized carbons (Fsp3) is 0.308. The predicted octanol–water partition coefficient (Wildman–Crippen LogP) is 1.68. The maximum Gasteiger partial charge on any atom is 0.326 e. The standard InChI is InChI=1S/C13H13N3O2/c17-13(18)12-2-1-7-16(12)11-4-6-15-10-3-5-14-8-9(10)11/h3-6,8,12H,1-2,7H2,(H,17,18). The summed E-state index contributed by atoms with van der Waals surface area (Å²) in [5.74, 6) is -0.763. The summed E-state index contributed by atoms with van der Waals surface area (Å²) >= 11 is 0. The quantitative estimate of drug-likeness (QED) is 0.869. The van der Waals surface area contributed by atoms with E-state index in [1.807, 2.05) is 17.0 Å². The summed E-state index contributed by atoms with van der Waals surface area (Å²) < 4.78 is 0. The zero-order valence-corrected chi connectivity index (χ0v) is 9.78. The van der Waals surface area contributed by atoms with Gasteiger partial charge >= 0.3 is 5.97 Å². The van der Waals surface area contributed by atoms with Crippen molar-refractivity contribution in [2.24, 2.45) is 0 Å². The Morgan fingerprint density at radius 2 is 2.28 bits per heavy atom. The molecule has 3 heterocycles. The van der Waals surface area contributed by atoms with Crippen LogP contribution in [0.2, 0.25) is 0 Å². The molecule has 18 heavy (non-hydrogen) atoms. The molecule has 0 amide bonds. The Morgan fingerprint density at radius 3 is 3.11 bits per heavy atom. The second kappa shape index (κ2) is 4.25. The number of fused-ring (bicyclic) bond motifs is 1. The first-order chi connectivity index (χ1) is 8.77. The number of nitrogens with zero attached hydrogens (tertiary/aromatic N) is 3. The zero-order valence-electron chi connectivity index (χ0n) is 9.78. The van der Waals surface area contributed by atoms with E-state index in [1.165, 1.54) is 0 Å². The Morgan fingerprint density at radius 1 is 1.39 bits per heavy atom. The van der Waals surface area contributed by atoms with Crippen molar-refractivity contribution in [3.05, 3.63) is 30.7 Å². The number of rotatable bonds is 2. The van der Waals surface area contributed by atoms with Gasteiger partial charge in [-0.1, -0.05) is 0 Å². The SMILES string of the molecule is O=C(O)C1CCCN1c1ccnc2ccncc12. The highest BCUT2D eigenvalue weighted by molar-refractivity contribution is 5.93. The molecule has 0 saturated carbocycles. The van der Waals surface area contributed by atoms with E-state index < -0.39 is 12.0 Å². The van der Waals surface area contributed by atoms with Crippen LogP contribution in [0.5, 0.6) is 0 Å². The van der Waals surface area contributed by atoms with Gasteiger partial charge < -0.3 is 10.0 Å². The molecule has 0 bridgehead atoms. The Balaban J connectivity index is 2.11. The van der Waals surface area contributed by atoms with Crippen molar-refractivity contribution in [1.82, 2.24) is 9.97 Å². The average molecular weight is 243 g/mol. The molecule has 1 atom stereocenters. The van der Waals surface area contributed by atoms with Gasteiger partial charge in [0.2, 0.25) is 0 Å². The molecule has 1 saturated heterocycles. The van der Waals surface area contributed by atoms with E-state index in [-0.39, 0.29) is 0 Å². The number of aliphatic carboxylic acids is 1. The molecule has 5 heteroatoms. The third kappa shape index (κ3) is 1.68. The van der Waals surface area contributed by atoms with Crippen LogP contribution in [0.15, 0.2) is 30.7 Å². The van der Waals surface area contributed by atoms with Crippen molar-refractivity contribution in [2.75, 3.05) is 11.4 Å². The molecule has 0 spiro atoms. The third-order valence-corrected chi connectivity index (χ3v) is 3.37. The second-order valence-corrected chi connectivity index (χ2v) is 4.41. The zero-order chi connectivity index (χ0) is 12.5. The van der Waals surface area contributed by atoms with Gasteiger partial charge in [-0.3, -0.25) is 9.97 Å². The minimum absolute atomic E-state index is 0.434. The van der Waals surface area contributed by atoms with Crippen LogP contribution >= 0.6 is 0 Å². The van der Waals surface area contributed by atoms with Crippen LogP contribution in [0.4, 0.5) is 5.69 Å². The topological polar surface area (TPSA) is 66.3 Å². The summed E-state index contributed by atoms with van der Waals surface area (Å²) in [7, 11) is 0. The Hall–Kier alpha value is -2.17. The van der Waals surface area contributed by atoms with Crippen molar-refractivity contribution in [3.63, 3.8) is 0 Å². The number of aromatic nitrogens is 2. The van der Waals surface area contributed by atoms with Crippen LogP contribution < -0.4 is 4.90 Å². The van der Waals surface area contributed by atoms with E-state index in [0.29, 0.717) is 6.42 Å². The first-order valence-corrected chi connectivity index (χ1v) is 5.95. The number of carboxylic acid groups (broad SMARTS) is 1. The number of carboxylic acids is 1. The van der Waals surface area contributed by atoms with E-state index in [2.05, 4.69) is 9.97 Å². The van der Waals surface area contributed by atoms with E-state index in [9.17, 15) is 9.90 Å². The minimum atomic E-state index is -0.763. The molecule has 0 aliphatic carbocycles. The van der Waals surface area contributed by atoms with Crippen molar-refractivity contribution in [3.8, 4) is 0 Å². The summed E-state index contributed by atoms with van der Waals surface area (Å²) in [6.07, 6.45) is 6.75. The van der Waals surface area contributed by atoms with Gasteiger partial charge in [-0.05, 0) is 25.0 Å². The Bertz CT molecular complexity index is 594. The number of pyridine rings is 2. The average Bonchev–Trinajstić information content (AvgIpc) is 2.87. The highest BCUT2D eigenvalue weighted by atomic mass is 16.4. The largest absolute Gasteiger partial charge is 0.480 e. The number of hydrogen-bond donors (Lipinski definition) is 1. The second-order valence-electron chi connectivity index (χ2n) is 4.41. The lowest BCUT2D eigenvalue weighted by molar-refractivity contribution is -0.138. The van der Waals surface area contributed by atoms with Gasteiger partial charge in [-0.2, -0.15) is 0 Å². The molecule has 3 rings (SSSR count). The fourth-order valence-electron chi connectivity index (χ4n) is 2.54. The third-order valence-electron chi connectivity index (χ3n) is 3.37. The maximum atomic E-state index is 11.2. The monoisotopic (exact) mass is 243 g/mol. The summed E-state index contributed by atoms with van der Waals surface area (Å²) in [5, 5.41) is 10.2. The molecule has 1 N–H and O–H groups in total. The van der Waals surface area contributed by atoms with Gasteiger partial charge in [0.25, 0.3) is 0 Å². The van der Waals surface area contributed by atoms with E-state index >= 15 is 0 Å². The first kappa shape index (κ1) is 11.0. The Kier molecular flexibility index (Phi) is 2.59. The smallest absolute Gasteiger partial charge is 0.326 e. The summed E-state index contributed by atoms with van der Waals surface area (Å²) in [6.45, 7) is 0.769. The molecule has 92 valence electrons. The molecular formula is C13H13N3O2. The van der Waals surface area contributed by atoms with Crippen LogP contribution in [0, 0.1) is 0 Å². The van der Waals surface area contributed by atoms with Gasteiger partial charge in [0.05, 0.1) is 5.52 Å². The lowest BCUT2D eigenvalue weighted by atomic mass is 10.2. The normalized spacial score (nSPS) is 19.3. The predicted molar refractivity (Wildman–Crippen MR) is 67.5 cm³/mol. The minimum Gasteiger partial charge on any atom is -0.480 e. The van der Waals surface area contributed by atoms with Gasteiger partial charge in [0.1, 0.15) is 6.04 Å². The van der Waals surface area contributed by atoms with Crippen molar-refractivity contribution in [1.29, 1.82) is 0 Å². The van der Waals surface area contributed by atoms with E-state index in [0.717, 1.165) is 29.6 Å². The number of hydrogen-bond acceptors (Lipinski definition) is 4. The van der Waals surface area contributed by atoms with Crippen LogP contribution in [-0.2, 0) is 4.79 Å². The lowest BCUT2D eigenvalue weighted by Crippen LogP contribution is -2.36. The Labute approximate surface area is 104 Å². The molecule has 1 aliphatic heterocycles. The molecular weight excluding hydrogens is 230 g/mol. The number of carbonyl (C=O) groups is 1. The van der Waals surface area contributed by atoms with E-state index in [4.69, 9.17) is 0 Å².